The van der Waals surface area contributed by atoms with E-state index in [1.807, 2.05) is 25.1 Å². The van der Waals surface area contributed by atoms with Gasteiger partial charge in [0, 0.05) is 28.6 Å². The van der Waals surface area contributed by atoms with Crippen molar-refractivity contribution in [1.29, 1.82) is 0 Å². The first-order chi connectivity index (χ1) is 12.9. The van der Waals surface area contributed by atoms with Crippen LogP contribution >= 0.6 is 0 Å². The predicted octanol–water partition coefficient (Wildman–Crippen LogP) is 4.78. The van der Waals surface area contributed by atoms with Crippen LogP contribution < -0.4 is 10.6 Å². The first-order valence-corrected chi connectivity index (χ1v) is 8.17. The summed E-state index contributed by atoms with van der Waals surface area (Å²) in [5.41, 5.74) is 2.30. The fraction of sp³-hybridized carbons (Fsp3) is 0.0476. The number of amides is 2. The highest BCUT2D eigenvalue weighted by Crippen LogP contribution is 2.16. The van der Waals surface area contributed by atoms with Gasteiger partial charge in [-0.05, 0) is 55.0 Å². The molecule has 0 atom stereocenters. The smallest absolute Gasteiger partial charge is 0.255 e. The molecule has 0 unspecified atom stereocenters. The van der Waals surface area contributed by atoms with Gasteiger partial charge in [0.05, 0.1) is 0 Å². The first kappa shape index (κ1) is 18.3. The lowest BCUT2D eigenvalue weighted by molar-refractivity contribution is 0.102. The summed E-state index contributed by atoms with van der Waals surface area (Å²) < 4.78 is 26.2. The molecule has 2 amide bonds. The molecular weight excluding hydrogens is 350 g/mol. The number of rotatable bonds is 4. The Morgan fingerprint density at radius 3 is 1.89 bits per heavy atom. The lowest BCUT2D eigenvalue weighted by atomic mass is 10.1. The number of nitrogens with one attached hydrogen (secondary N) is 2. The fourth-order valence-corrected chi connectivity index (χ4v) is 2.50. The third-order valence-electron chi connectivity index (χ3n) is 3.84. The van der Waals surface area contributed by atoms with Gasteiger partial charge in [0.1, 0.15) is 0 Å². The minimum Gasteiger partial charge on any atom is -0.322 e. The van der Waals surface area contributed by atoms with E-state index in [2.05, 4.69) is 10.6 Å². The first-order valence-electron chi connectivity index (χ1n) is 8.17. The van der Waals surface area contributed by atoms with Gasteiger partial charge in [-0.15, -0.1) is 0 Å². The van der Waals surface area contributed by atoms with Gasteiger partial charge in [0.15, 0.2) is 11.6 Å². The van der Waals surface area contributed by atoms with Crippen LogP contribution in [-0.4, -0.2) is 11.8 Å². The quantitative estimate of drug-likeness (QED) is 0.698. The van der Waals surface area contributed by atoms with Crippen LogP contribution in [-0.2, 0) is 0 Å². The number of halogens is 2. The molecule has 4 nitrogen and oxygen atoms in total. The van der Waals surface area contributed by atoms with Crippen molar-refractivity contribution in [3.8, 4) is 0 Å². The highest BCUT2D eigenvalue weighted by Gasteiger charge is 2.12. The number of anilines is 2. The van der Waals surface area contributed by atoms with Crippen molar-refractivity contribution in [3.63, 3.8) is 0 Å². The molecule has 3 rings (SSSR count). The molecule has 0 aliphatic rings. The monoisotopic (exact) mass is 366 g/mol. The molecule has 136 valence electrons. The van der Waals surface area contributed by atoms with E-state index >= 15 is 0 Å². The molecule has 0 aromatic heterocycles. The highest BCUT2D eigenvalue weighted by molar-refractivity contribution is 6.08. The Kier molecular flexibility index (Phi) is 5.26. The van der Waals surface area contributed by atoms with Gasteiger partial charge in [-0.1, -0.05) is 18.2 Å². The minimum absolute atomic E-state index is 0.119. The maximum Gasteiger partial charge on any atom is 0.255 e. The van der Waals surface area contributed by atoms with E-state index in [0.29, 0.717) is 11.3 Å². The van der Waals surface area contributed by atoms with Gasteiger partial charge in [0.25, 0.3) is 11.8 Å². The standard InChI is InChI=1S/C21H16F2N2O2/c1-13-4-2-7-16(10-13)24-20(26)14-5-3-6-15(11-14)21(27)25-17-8-9-18(22)19(23)12-17/h2-12H,1H3,(H,24,26)(H,25,27). The molecule has 0 saturated heterocycles. The van der Waals surface area contributed by atoms with Crippen molar-refractivity contribution in [2.45, 2.75) is 6.92 Å². The second-order valence-electron chi connectivity index (χ2n) is 5.99. The summed E-state index contributed by atoms with van der Waals surface area (Å²) in [4.78, 5) is 24.7. The molecular formula is C21H16F2N2O2. The number of hydrogen-bond donors (Lipinski definition) is 2. The van der Waals surface area contributed by atoms with Crippen molar-refractivity contribution in [3.05, 3.63) is 95.1 Å². The van der Waals surface area contributed by atoms with Crippen molar-refractivity contribution in [2.24, 2.45) is 0 Å². The molecule has 3 aromatic carbocycles. The molecule has 3 aromatic rings. The summed E-state index contributed by atoms with van der Waals surface area (Å²) in [6.07, 6.45) is 0. The highest BCUT2D eigenvalue weighted by atomic mass is 19.2. The van der Waals surface area contributed by atoms with Crippen LogP contribution in [0.3, 0.4) is 0 Å². The molecule has 2 N–H and O–H groups in total. The molecule has 0 spiro atoms. The summed E-state index contributed by atoms with van der Waals surface area (Å²) in [6, 6.07) is 16.5. The molecule has 0 heterocycles. The molecule has 0 bridgehead atoms. The van der Waals surface area contributed by atoms with E-state index in [1.165, 1.54) is 18.2 Å². The number of aryl methyl sites for hydroxylation is 1. The Morgan fingerprint density at radius 2 is 1.30 bits per heavy atom. The normalized spacial score (nSPS) is 10.3. The summed E-state index contributed by atoms with van der Waals surface area (Å²) in [5, 5.41) is 5.24. The van der Waals surface area contributed by atoms with Gasteiger partial charge >= 0.3 is 0 Å². The molecule has 0 saturated carbocycles. The van der Waals surface area contributed by atoms with Gasteiger partial charge in [-0.3, -0.25) is 9.59 Å². The Hall–Kier alpha value is -3.54. The Labute approximate surface area is 154 Å². The topological polar surface area (TPSA) is 58.2 Å². The van der Waals surface area contributed by atoms with E-state index in [9.17, 15) is 18.4 Å². The van der Waals surface area contributed by atoms with Crippen molar-refractivity contribution >= 4 is 23.2 Å². The van der Waals surface area contributed by atoms with Gasteiger partial charge in [-0.2, -0.15) is 0 Å². The molecule has 27 heavy (non-hydrogen) atoms. The molecule has 0 aliphatic heterocycles. The Balaban J connectivity index is 1.75. The zero-order chi connectivity index (χ0) is 19.4. The number of benzene rings is 3. The molecule has 0 radical (unpaired) electrons. The average molecular weight is 366 g/mol. The Morgan fingerprint density at radius 1 is 0.704 bits per heavy atom. The van der Waals surface area contributed by atoms with E-state index in [0.717, 1.165) is 17.7 Å². The second kappa shape index (κ2) is 7.78. The van der Waals surface area contributed by atoms with E-state index in [4.69, 9.17) is 0 Å². The largest absolute Gasteiger partial charge is 0.322 e. The van der Waals surface area contributed by atoms with Gasteiger partial charge in [-0.25, -0.2) is 8.78 Å². The van der Waals surface area contributed by atoms with Crippen LogP contribution in [0.5, 0.6) is 0 Å². The van der Waals surface area contributed by atoms with E-state index in [-0.39, 0.29) is 17.2 Å². The zero-order valence-corrected chi connectivity index (χ0v) is 14.4. The van der Waals surface area contributed by atoms with Gasteiger partial charge in [0.2, 0.25) is 0 Å². The summed E-state index contributed by atoms with van der Waals surface area (Å²) >= 11 is 0. The maximum absolute atomic E-state index is 13.3. The van der Waals surface area contributed by atoms with E-state index < -0.39 is 17.5 Å². The maximum atomic E-state index is 13.3. The lowest BCUT2D eigenvalue weighted by Crippen LogP contribution is -2.15. The molecule has 0 fully saturated rings. The number of hydrogen-bond acceptors (Lipinski definition) is 2. The van der Waals surface area contributed by atoms with Crippen LogP contribution in [0.15, 0.2) is 66.7 Å². The van der Waals surface area contributed by atoms with Crippen LogP contribution in [0.1, 0.15) is 26.3 Å². The molecule has 0 aliphatic carbocycles. The van der Waals surface area contributed by atoms with Gasteiger partial charge < -0.3 is 10.6 Å². The summed E-state index contributed by atoms with van der Waals surface area (Å²) in [7, 11) is 0. The van der Waals surface area contributed by atoms with Crippen molar-refractivity contribution < 1.29 is 18.4 Å². The third kappa shape index (κ3) is 4.55. The average Bonchev–Trinajstić information content (AvgIpc) is 2.65. The van der Waals surface area contributed by atoms with Crippen LogP contribution in [0.4, 0.5) is 20.2 Å². The third-order valence-corrected chi connectivity index (χ3v) is 3.84. The molecule has 6 heteroatoms. The van der Waals surface area contributed by atoms with Crippen LogP contribution in [0, 0.1) is 18.6 Å². The summed E-state index contributed by atoms with van der Waals surface area (Å²) in [6.45, 7) is 1.92. The zero-order valence-electron chi connectivity index (χ0n) is 14.4. The van der Waals surface area contributed by atoms with Crippen molar-refractivity contribution in [1.82, 2.24) is 0 Å². The van der Waals surface area contributed by atoms with Crippen molar-refractivity contribution in [2.75, 3.05) is 10.6 Å². The fourth-order valence-electron chi connectivity index (χ4n) is 2.50. The van der Waals surface area contributed by atoms with Crippen LogP contribution in [0.2, 0.25) is 0 Å². The lowest BCUT2D eigenvalue weighted by Gasteiger charge is -2.09. The predicted molar refractivity (Wildman–Crippen MR) is 99.9 cm³/mol. The summed E-state index contributed by atoms with van der Waals surface area (Å²) in [5.74, 6) is -2.95. The minimum atomic E-state index is -1.06. The SMILES string of the molecule is Cc1cccc(NC(=O)c2cccc(C(=O)Nc3ccc(F)c(F)c3)c2)c1. The van der Waals surface area contributed by atoms with E-state index in [1.54, 1.807) is 18.2 Å². The number of carbonyl (C=O) groups is 2. The number of carbonyl (C=O) groups excluding carboxylic acids is 2. The second-order valence-corrected chi connectivity index (χ2v) is 5.99. The van der Waals surface area contributed by atoms with Crippen LogP contribution in [0.25, 0.3) is 0 Å². The Bertz CT molecular complexity index is 1020.